The predicted molar refractivity (Wildman–Crippen MR) is 192 cm³/mol. The van der Waals surface area contributed by atoms with Gasteiger partial charge >= 0.3 is 6.09 Å². The summed E-state index contributed by atoms with van der Waals surface area (Å²) in [6.07, 6.45) is 5.85. The Kier molecular flexibility index (Phi) is 10.5. The first-order valence-corrected chi connectivity index (χ1v) is 16.3. The van der Waals surface area contributed by atoms with Gasteiger partial charge in [-0.05, 0) is 68.7 Å². The Morgan fingerprint density at radius 1 is 0.979 bits per heavy atom. The van der Waals surface area contributed by atoms with Crippen molar-refractivity contribution in [3.8, 4) is 11.1 Å². The van der Waals surface area contributed by atoms with Crippen LogP contribution in [0.4, 0.5) is 10.5 Å². The molecule has 1 saturated heterocycles. The molecule has 0 radical (unpaired) electrons. The monoisotopic (exact) mass is 654 g/mol. The summed E-state index contributed by atoms with van der Waals surface area (Å²) in [5.41, 5.74) is 5.95. The lowest BCUT2D eigenvalue weighted by Gasteiger charge is -2.36. The molecule has 3 N–H and O–H groups in total. The molecule has 1 aromatic heterocycles. The summed E-state index contributed by atoms with van der Waals surface area (Å²) in [7, 11) is 3.50. The van der Waals surface area contributed by atoms with E-state index >= 15 is 0 Å². The van der Waals surface area contributed by atoms with Crippen molar-refractivity contribution in [2.24, 2.45) is 15.9 Å². The molecule has 48 heavy (non-hydrogen) atoms. The van der Waals surface area contributed by atoms with Gasteiger partial charge in [-0.1, -0.05) is 18.2 Å². The number of aliphatic imine (C=N–C) groups is 1. The zero-order valence-electron chi connectivity index (χ0n) is 28.5. The molecule has 0 atom stereocenters. The van der Waals surface area contributed by atoms with E-state index in [1.165, 1.54) is 12.4 Å². The fourth-order valence-corrected chi connectivity index (χ4v) is 5.98. The van der Waals surface area contributed by atoms with Crippen molar-refractivity contribution >= 4 is 52.5 Å². The average Bonchev–Trinajstić information content (AvgIpc) is 3.51. The van der Waals surface area contributed by atoms with Crippen molar-refractivity contribution in [1.82, 2.24) is 19.7 Å². The van der Waals surface area contributed by atoms with Gasteiger partial charge in [-0.3, -0.25) is 14.6 Å². The highest BCUT2D eigenvalue weighted by molar-refractivity contribution is 6.15. The number of aromatic nitrogens is 1. The zero-order valence-corrected chi connectivity index (χ0v) is 28.5. The first-order valence-electron chi connectivity index (χ1n) is 16.3. The smallest absolute Gasteiger partial charge is 0.410 e. The Labute approximate surface area is 281 Å². The minimum atomic E-state index is -0.520. The summed E-state index contributed by atoms with van der Waals surface area (Å²) in [4.78, 5) is 53.8. The van der Waals surface area contributed by atoms with E-state index in [2.05, 4.69) is 56.4 Å². The number of amides is 3. The number of carbonyl (C=O) groups excluding carboxylic acids is 3. The van der Waals surface area contributed by atoms with Crippen LogP contribution in [0.25, 0.3) is 27.6 Å². The Morgan fingerprint density at radius 3 is 2.38 bits per heavy atom. The second-order valence-corrected chi connectivity index (χ2v) is 13.3. The molecule has 3 aromatic rings. The summed E-state index contributed by atoms with van der Waals surface area (Å²) >= 11 is 0. The van der Waals surface area contributed by atoms with Crippen molar-refractivity contribution in [2.75, 3.05) is 64.8 Å². The van der Waals surface area contributed by atoms with Crippen molar-refractivity contribution in [3.63, 3.8) is 0 Å². The van der Waals surface area contributed by atoms with Crippen LogP contribution in [0.2, 0.25) is 0 Å². The molecule has 1 fully saturated rings. The molecule has 0 unspecified atom stereocenters. The van der Waals surface area contributed by atoms with Gasteiger partial charge in [-0.25, -0.2) is 4.79 Å². The van der Waals surface area contributed by atoms with E-state index in [0.29, 0.717) is 57.8 Å². The van der Waals surface area contributed by atoms with Gasteiger partial charge in [0.1, 0.15) is 5.60 Å². The van der Waals surface area contributed by atoms with Gasteiger partial charge in [-0.15, -0.1) is 0 Å². The number of hydrazone groups is 1. The molecule has 0 aliphatic carbocycles. The lowest BCUT2D eigenvalue weighted by Crippen LogP contribution is -2.50. The Morgan fingerprint density at radius 2 is 1.71 bits per heavy atom. The molecular formula is C36H46N8O4. The third-order valence-corrected chi connectivity index (χ3v) is 8.42. The Bertz CT molecular complexity index is 1720. The number of benzene rings is 2. The molecular weight excluding hydrogens is 608 g/mol. The van der Waals surface area contributed by atoms with E-state index in [1.54, 1.807) is 23.9 Å². The maximum Gasteiger partial charge on any atom is 0.410 e. The number of nitrogens with two attached hydrogens (primary N) is 1. The SMILES string of the molecule is CN(C)C(=O)c1cc(-c2ccc(N3CCN(C(=O)OC(C)(C)C)CC3)cc2)c2[nH]c(C3=CCCN(C(=O)CCN=C/C=N\N)C3)cc2c1. The summed E-state index contributed by atoms with van der Waals surface area (Å²) in [6.45, 7) is 9.76. The number of H-pyrrole nitrogens is 1. The van der Waals surface area contributed by atoms with Crippen LogP contribution in [0.15, 0.2) is 58.6 Å². The van der Waals surface area contributed by atoms with Gasteiger partial charge in [0.05, 0.1) is 11.7 Å². The van der Waals surface area contributed by atoms with Gasteiger partial charge in [0.25, 0.3) is 5.91 Å². The molecule has 2 aromatic carbocycles. The molecule has 0 saturated carbocycles. The summed E-state index contributed by atoms with van der Waals surface area (Å²) in [5, 5.41) is 4.30. The van der Waals surface area contributed by atoms with Gasteiger partial charge in [0.15, 0.2) is 0 Å². The van der Waals surface area contributed by atoms with Crippen LogP contribution < -0.4 is 10.7 Å². The van der Waals surface area contributed by atoms with Crippen LogP contribution in [0.1, 0.15) is 49.7 Å². The van der Waals surface area contributed by atoms with Crippen LogP contribution in [-0.2, 0) is 9.53 Å². The Balaban J connectivity index is 1.36. The average molecular weight is 655 g/mol. The number of nitrogens with one attached hydrogen (secondary N) is 1. The highest BCUT2D eigenvalue weighted by atomic mass is 16.6. The zero-order chi connectivity index (χ0) is 34.4. The van der Waals surface area contributed by atoms with Crippen molar-refractivity contribution in [1.29, 1.82) is 0 Å². The van der Waals surface area contributed by atoms with Crippen LogP contribution >= 0.6 is 0 Å². The van der Waals surface area contributed by atoms with Gasteiger partial charge in [0.2, 0.25) is 5.91 Å². The molecule has 0 spiro atoms. The topological polar surface area (TPSA) is 140 Å². The number of fused-ring (bicyclic) bond motifs is 1. The van der Waals surface area contributed by atoms with Gasteiger partial charge in [0, 0.05) is 100 Å². The van der Waals surface area contributed by atoms with Crippen molar-refractivity contribution < 1.29 is 19.1 Å². The number of hydrogen-bond donors (Lipinski definition) is 2. The number of carbonyl (C=O) groups is 3. The van der Waals surface area contributed by atoms with E-state index in [4.69, 9.17) is 10.6 Å². The predicted octanol–water partition coefficient (Wildman–Crippen LogP) is 4.61. The second-order valence-electron chi connectivity index (χ2n) is 13.3. The number of nitrogens with zero attached hydrogens (tertiary/aromatic N) is 6. The first kappa shape index (κ1) is 34.2. The van der Waals surface area contributed by atoms with Crippen LogP contribution in [0.5, 0.6) is 0 Å². The lowest BCUT2D eigenvalue weighted by molar-refractivity contribution is -0.130. The van der Waals surface area contributed by atoms with Crippen LogP contribution in [-0.4, -0.2) is 116 Å². The molecule has 254 valence electrons. The normalized spacial score (nSPS) is 15.8. The maximum absolute atomic E-state index is 13.1. The third kappa shape index (κ3) is 8.23. The lowest BCUT2D eigenvalue weighted by atomic mass is 9.99. The molecule has 2 aliphatic rings. The summed E-state index contributed by atoms with van der Waals surface area (Å²) in [5.74, 6) is 5.05. The number of piperazine rings is 1. The van der Waals surface area contributed by atoms with E-state index in [9.17, 15) is 14.4 Å². The number of rotatable bonds is 8. The highest BCUT2D eigenvalue weighted by Crippen LogP contribution is 2.34. The van der Waals surface area contributed by atoms with Gasteiger partial charge < -0.3 is 35.2 Å². The van der Waals surface area contributed by atoms with Gasteiger partial charge in [-0.2, -0.15) is 5.10 Å². The molecule has 12 heteroatoms. The van der Waals surface area contributed by atoms with E-state index in [0.717, 1.165) is 45.4 Å². The fraction of sp³-hybridized carbons (Fsp3) is 0.417. The quantitative estimate of drug-likeness (QED) is 0.207. The largest absolute Gasteiger partial charge is 0.444 e. The van der Waals surface area contributed by atoms with Crippen molar-refractivity contribution in [3.05, 3.63) is 59.8 Å². The molecule has 3 heterocycles. The third-order valence-electron chi connectivity index (χ3n) is 8.42. The maximum atomic E-state index is 13.1. The Hall–Kier alpha value is -5.13. The molecule has 5 rings (SSSR count). The molecule has 2 aliphatic heterocycles. The highest BCUT2D eigenvalue weighted by Gasteiger charge is 2.26. The minimum Gasteiger partial charge on any atom is -0.444 e. The minimum absolute atomic E-state index is 0.0458. The summed E-state index contributed by atoms with van der Waals surface area (Å²) in [6, 6.07) is 14.3. The number of hydrogen-bond acceptors (Lipinski definition) is 8. The van der Waals surface area contributed by atoms with Crippen LogP contribution in [0, 0.1) is 0 Å². The van der Waals surface area contributed by atoms with E-state index in [1.807, 2.05) is 37.8 Å². The van der Waals surface area contributed by atoms with E-state index < -0.39 is 5.60 Å². The first-order chi connectivity index (χ1) is 22.9. The second kappa shape index (κ2) is 14.7. The molecule has 0 bridgehead atoms. The number of ether oxygens (including phenoxy) is 1. The summed E-state index contributed by atoms with van der Waals surface area (Å²) < 4.78 is 5.55. The van der Waals surface area contributed by atoms with Crippen molar-refractivity contribution in [2.45, 2.75) is 39.2 Å². The van der Waals surface area contributed by atoms with Crippen LogP contribution in [0.3, 0.4) is 0 Å². The number of aromatic amines is 1. The fourth-order valence-electron chi connectivity index (χ4n) is 5.98. The van der Waals surface area contributed by atoms with E-state index in [-0.39, 0.29) is 17.9 Å². The molecule has 12 nitrogen and oxygen atoms in total. The standard InChI is InChI=1S/C36H46N8O4/c1-36(2,3)48-35(47)43-19-17-42(18-20-43)29-10-8-25(9-11-29)30-22-28(34(46)41(4)5)21-27-23-31(40-33(27)30)26-7-6-16-44(24-26)32(45)12-13-38-14-15-39-37/h7-11,14-15,21-23,40H,6,12-13,16-20,24,37H2,1-5H3/b38-14?,39-15-. The molecule has 3 amide bonds. The number of anilines is 1.